The molecule has 0 saturated heterocycles. The molecule has 0 radical (unpaired) electrons. The fourth-order valence-corrected chi connectivity index (χ4v) is 1.00. The van der Waals surface area contributed by atoms with Crippen molar-refractivity contribution >= 4 is 11.6 Å². The zero-order valence-electron chi connectivity index (χ0n) is 7.47. The summed E-state index contributed by atoms with van der Waals surface area (Å²) in [6.07, 6.45) is 1.47. The van der Waals surface area contributed by atoms with Crippen LogP contribution in [0.2, 0.25) is 0 Å². The van der Waals surface area contributed by atoms with Crippen LogP contribution in [0.5, 0.6) is 0 Å². The van der Waals surface area contributed by atoms with Crippen LogP contribution in [0.3, 0.4) is 0 Å². The molecule has 0 aliphatic heterocycles. The van der Waals surface area contributed by atoms with Gasteiger partial charge in [0.1, 0.15) is 0 Å². The minimum atomic E-state index is -0.294. The minimum absolute atomic E-state index is 0.282. The van der Waals surface area contributed by atoms with Crippen LogP contribution in [-0.4, -0.2) is 25.0 Å². The van der Waals surface area contributed by atoms with E-state index in [1.165, 1.54) is 19.3 Å². The van der Waals surface area contributed by atoms with Crippen LogP contribution in [0.15, 0.2) is 17.1 Å². The maximum absolute atomic E-state index is 11.2. The van der Waals surface area contributed by atoms with Crippen LogP contribution in [-0.2, 0) is 0 Å². The summed E-state index contributed by atoms with van der Waals surface area (Å²) in [5.74, 6) is -0.282. The second kappa shape index (κ2) is 3.75. The molecule has 0 saturated carbocycles. The van der Waals surface area contributed by atoms with Crippen molar-refractivity contribution in [3.8, 4) is 0 Å². The van der Waals surface area contributed by atoms with Gasteiger partial charge in [0.05, 0.1) is 11.3 Å². The van der Waals surface area contributed by atoms with Gasteiger partial charge in [-0.1, -0.05) is 0 Å². The van der Waals surface area contributed by atoms with Gasteiger partial charge in [-0.25, -0.2) is 0 Å². The number of hydrogen-bond acceptors (Lipinski definition) is 3. The molecule has 0 unspecified atom stereocenters. The van der Waals surface area contributed by atoms with Crippen molar-refractivity contribution < 1.29 is 4.79 Å². The van der Waals surface area contributed by atoms with Gasteiger partial charge >= 0.3 is 0 Å². The third-order valence-corrected chi connectivity index (χ3v) is 1.67. The van der Waals surface area contributed by atoms with Crippen molar-refractivity contribution in [2.24, 2.45) is 0 Å². The zero-order chi connectivity index (χ0) is 9.84. The second-order valence-electron chi connectivity index (χ2n) is 2.45. The Hall–Kier alpha value is -1.78. The van der Waals surface area contributed by atoms with E-state index in [0.29, 0.717) is 11.3 Å². The van der Waals surface area contributed by atoms with Crippen LogP contribution in [0.4, 0.5) is 5.69 Å². The van der Waals surface area contributed by atoms with Crippen molar-refractivity contribution in [3.05, 3.63) is 28.2 Å². The standard InChI is InChI=1S/C8H11N3O2/c1-9-6-4-11-7(12)3-5(6)8(13)10-2/h3-4,9H,1-2H3,(H,10,13)(H,11,12). The number of nitrogens with one attached hydrogen (secondary N) is 3. The van der Waals surface area contributed by atoms with Gasteiger partial charge in [0.25, 0.3) is 5.91 Å². The fraction of sp³-hybridized carbons (Fsp3) is 0.250. The van der Waals surface area contributed by atoms with E-state index >= 15 is 0 Å². The molecule has 3 N–H and O–H groups in total. The summed E-state index contributed by atoms with van der Waals surface area (Å²) in [6, 6.07) is 1.25. The average Bonchev–Trinajstić information content (AvgIpc) is 2.16. The van der Waals surface area contributed by atoms with E-state index < -0.39 is 0 Å². The highest BCUT2D eigenvalue weighted by Gasteiger charge is 2.08. The van der Waals surface area contributed by atoms with Crippen LogP contribution in [0, 0.1) is 0 Å². The number of carbonyl (C=O) groups excluding carboxylic acids is 1. The molecular weight excluding hydrogens is 170 g/mol. The Morgan fingerprint density at radius 2 is 2.15 bits per heavy atom. The Balaban J connectivity index is 3.23. The Morgan fingerprint density at radius 3 is 2.69 bits per heavy atom. The van der Waals surface area contributed by atoms with E-state index in [1.807, 2.05) is 0 Å². The van der Waals surface area contributed by atoms with E-state index in [1.54, 1.807) is 7.05 Å². The molecule has 0 aliphatic rings. The molecule has 5 nitrogen and oxygen atoms in total. The molecule has 0 fully saturated rings. The lowest BCUT2D eigenvalue weighted by Gasteiger charge is -2.05. The number of rotatable bonds is 2. The van der Waals surface area contributed by atoms with Gasteiger partial charge in [0.15, 0.2) is 0 Å². The lowest BCUT2D eigenvalue weighted by atomic mass is 10.2. The third-order valence-electron chi connectivity index (χ3n) is 1.67. The molecule has 1 rings (SSSR count). The summed E-state index contributed by atoms with van der Waals surface area (Å²) in [7, 11) is 3.20. The summed E-state index contributed by atoms with van der Waals surface area (Å²) < 4.78 is 0. The highest BCUT2D eigenvalue weighted by molar-refractivity contribution is 5.99. The molecule has 70 valence electrons. The lowest BCUT2D eigenvalue weighted by Crippen LogP contribution is -2.21. The quantitative estimate of drug-likeness (QED) is 0.590. The lowest BCUT2D eigenvalue weighted by molar-refractivity contribution is 0.0963. The van der Waals surface area contributed by atoms with Crippen LogP contribution < -0.4 is 16.2 Å². The monoisotopic (exact) mass is 181 g/mol. The van der Waals surface area contributed by atoms with Crippen molar-refractivity contribution in [1.82, 2.24) is 10.3 Å². The van der Waals surface area contributed by atoms with Crippen LogP contribution >= 0.6 is 0 Å². The molecule has 13 heavy (non-hydrogen) atoms. The molecule has 1 aromatic heterocycles. The molecule has 1 amide bonds. The summed E-state index contributed by atoms with van der Waals surface area (Å²) in [5.41, 5.74) is 0.644. The maximum atomic E-state index is 11.2. The van der Waals surface area contributed by atoms with Gasteiger partial charge in [-0.05, 0) is 0 Å². The van der Waals surface area contributed by atoms with Gasteiger partial charge in [0, 0.05) is 26.4 Å². The topological polar surface area (TPSA) is 74.0 Å². The number of anilines is 1. The fourth-order valence-electron chi connectivity index (χ4n) is 1.00. The van der Waals surface area contributed by atoms with Gasteiger partial charge in [-0.15, -0.1) is 0 Å². The molecule has 0 atom stereocenters. The normalized spacial score (nSPS) is 9.38. The first kappa shape index (κ1) is 9.31. The van der Waals surface area contributed by atoms with E-state index in [-0.39, 0.29) is 11.5 Å². The number of carbonyl (C=O) groups is 1. The van der Waals surface area contributed by atoms with E-state index in [2.05, 4.69) is 15.6 Å². The van der Waals surface area contributed by atoms with Crippen LogP contribution in [0.25, 0.3) is 0 Å². The minimum Gasteiger partial charge on any atom is -0.386 e. The van der Waals surface area contributed by atoms with Crippen molar-refractivity contribution in [2.75, 3.05) is 19.4 Å². The molecule has 0 spiro atoms. The number of pyridine rings is 1. The Kier molecular flexibility index (Phi) is 2.69. The predicted molar refractivity (Wildman–Crippen MR) is 50.0 cm³/mol. The average molecular weight is 181 g/mol. The van der Waals surface area contributed by atoms with E-state index in [9.17, 15) is 9.59 Å². The van der Waals surface area contributed by atoms with E-state index in [0.717, 1.165) is 0 Å². The molecule has 0 bridgehead atoms. The van der Waals surface area contributed by atoms with Gasteiger partial charge in [-0.3, -0.25) is 9.59 Å². The number of aromatic amines is 1. The molecule has 1 heterocycles. The summed E-state index contributed by atoms with van der Waals surface area (Å²) in [5, 5.41) is 5.26. The third kappa shape index (κ3) is 1.87. The molecule has 1 aromatic rings. The first-order valence-corrected chi connectivity index (χ1v) is 3.81. The molecule has 0 aliphatic carbocycles. The zero-order valence-corrected chi connectivity index (χ0v) is 7.47. The van der Waals surface area contributed by atoms with Gasteiger partial charge in [-0.2, -0.15) is 0 Å². The molecule has 5 heteroatoms. The van der Waals surface area contributed by atoms with Gasteiger partial charge < -0.3 is 15.6 Å². The summed E-state index contributed by atoms with van der Waals surface area (Å²) in [6.45, 7) is 0. The Labute approximate surface area is 75.2 Å². The second-order valence-corrected chi connectivity index (χ2v) is 2.45. The van der Waals surface area contributed by atoms with Crippen molar-refractivity contribution in [1.29, 1.82) is 0 Å². The highest BCUT2D eigenvalue weighted by atomic mass is 16.2. The first-order chi connectivity index (χ1) is 6.19. The Bertz CT molecular complexity index is 370. The molecular formula is C8H11N3O2. The maximum Gasteiger partial charge on any atom is 0.253 e. The van der Waals surface area contributed by atoms with Gasteiger partial charge in [0.2, 0.25) is 5.56 Å². The summed E-state index contributed by atoms with van der Waals surface area (Å²) in [4.78, 5) is 24.6. The number of aromatic nitrogens is 1. The molecule has 0 aromatic carbocycles. The van der Waals surface area contributed by atoms with Crippen molar-refractivity contribution in [3.63, 3.8) is 0 Å². The SMILES string of the molecule is CNC(=O)c1cc(=O)[nH]cc1NC. The van der Waals surface area contributed by atoms with Crippen LogP contribution in [0.1, 0.15) is 10.4 Å². The Morgan fingerprint density at radius 1 is 1.46 bits per heavy atom. The highest BCUT2D eigenvalue weighted by Crippen LogP contribution is 2.09. The largest absolute Gasteiger partial charge is 0.386 e. The smallest absolute Gasteiger partial charge is 0.253 e. The predicted octanol–water partition coefficient (Wildman–Crippen LogP) is -0.224. The number of hydrogen-bond donors (Lipinski definition) is 3. The van der Waals surface area contributed by atoms with Crippen molar-refractivity contribution in [2.45, 2.75) is 0 Å². The number of H-pyrrole nitrogens is 1. The van der Waals surface area contributed by atoms with E-state index in [4.69, 9.17) is 0 Å². The first-order valence-electron chi connectivity index (χ1n) is 3.81. The summed E-state index contributed by atoms with van der Waals surface area (Å²) >= 11 is 0. The number of amides is 1.